The third-order valence-electron chi connectivity index (χ3n) is 4.76. The predicted octanol–water partition coefficient (Wildman–Crippen LogP) is 3.56. The van der Waals surface area contributed by atoms with Crippen LogP contribution in [0, 0.1) is 6.92 Å². The number of nitrogens with two attached hydrogens (primary N) is 1. The summed E-state index contributed by atoms with van der Waals surface area (Å²) in [6.45, 7) is 1.27. The van der Waals surface area contributed by atoms with Gasteiger partial charge in [0.2, 0.25) is 0 Å². The summed E-state index contributed by atoms with van der Waals surface area (Å²) in [6.07, 6.45) is 2.63. The van der Waals surface area contributed by atoms with E-state index >= 15 is 0 Å². The van der Waals surface area contributed by atoms with E-state index < -0.39 is 24.4 Å². The number of primary amides is 1. The second kappa shape index (κ2) is 8.37. The van der Waals surface area contributed by atoms with Crippen molar-refractivity contribution in [3.63, 3.8) is 0 Å². The zero-order valence-corrected chi connectivity index (χ0v) is 17.8. The quantitative estimate of drug-likeness (QED) is 0.568. The topological polar surface area (TPSA) is 111 Å². The number of carbonyl (C=O) groups is 3. The Morgan fingerprint density at radius 2 is 1.93 bits per heavy atom. The van der Waals surface area contributed by atoms with E-state index in [9.17, 15) is 14.4 Å². The minimum atomic E-state index is -0.605. The monoisotopic (exact) mass is 441 g/mol. The molecule has 0 aliphatic heterocycles. The Bertz CT molecular complexity index is 1130. The molecule has 0 unspecified atom stereocenters. The Kier molecular flexibility index (Phi) is 5.65. The lowest BCUT2D eigenvalue weighted by Crippen LogP contribution is -2.22. The van der Waals surface area contributed by atoms with Gasteiger partial charge in [0.1, 0.15) is 14.9 Å². The number of benzene rings is 1. The van der Waals surface area contributed by atoms with Gasteiger partial charge in [-0.25, -0.2) is 9.78 Å². The van der Waals surface area contributed by atoms with Crippen LogP contribution in [0.1, 0.15) is 42.6 Å². The zero-order chi connectivity index (χ0) is 21.3. The molecule has 0 atom stereocenters. The Morgan fingerprint density at radius 1 is 1.17 bits per heavy atom. The van der Waals surface area contributed by atoms with Crippen LogP contribution < -0.4 is 11.1 Å². The molecule has 1 aliphatic carbocycles. The molecular weight excluding hydrogens is 422 g/mol. The highest BCUT2D eigenvalue weighted by molar-refractivity contribution is 7.17. The van der Waals surface area contributed by atoms with Crippen LogP contribution in [0.2, 0.25) is 0 Å². The van der Waals surface area contributed by atoms with E-state index in [1.165, 1.54) is 22.7 Å². The molecule has 1 aliphatic rings. The van der Waals surface area contributed by atoms with Gasteiger partial charge in [0, 0.05) is 10.4 Å². The van der Waals surface area contributed by atoms with Crippen molar-refractivity contribution in [2.75, 3.05) is 11.9 Å². The molecule has 0 fully saturated rings. The number of aromatic nitrogens is 1. The Balaban J connectivity index is 1.41. The number of hydrogen-bond acceptors (Lipinski definition) is 7. The number of rotatable bonds is 6. The summed E-state index contributed by atoms with van der Waals surface area (Å²) >= 11 is 2.58. The normalized spacial score (nSPS) is 12.4. The number of nitrogens with zero attached hydrogens (tertiary/aromatic N) is 1. The van der Waals surface area contributed by atoms with Gasteiger partial charge in [0.15, 0.2) is 6.61 Å². The van der Waals surface area contributed by atoms with E-state index in [2.05, 4.69) is 10.3 Å². The maximum Gasteiger partial charge on any atom is 0.350 e. The lowest BCUT2D eigenvalue weighted by Gasteiger charge is -2.06. The van der Waals surface area contributed by atoms with E-state index in [0.29, 0.717) is 26.1 Å². The molecule has 3 aromatic rings. The zero-order valence-electron chi connectivity index (χ0n) is 16.2. The number of anilines is 1. The van der Waals surface area contributed by atoms with Crippen molar-refractivity contribution in [2.45, 2.75) is 26.2 Å². The first kappa shape index (κ1) is 20.2. The van der Waals surface area contributed by atoms with Crippen LogP contribution in [0.15, 0.2) is 30.3 Å². The van der Waals surface area contributed by atoms with Gasteiger partial charge in [-0.1, -0.05) is 30.3 Å². The smallest absolute Gasteiger partial charge is 0.350 e. The van der Waals surface area contributed by atoms with E-state index in [1.807, 2.05) is 30.3 Å². The summed E-state index contributed by atoms with van der Waals surface area (Å²) in [4.78, 5) is 42.4. The van der Waals surface area contributed by atoms with Crippen molar-refractivity contribution in [3.05, 3.63) is 56.9 Å². The highest BCUT2D eigenvalue weighted by Gasteiger charge is 2.26. The van der Waals surface area contributed by atoms with Gasteiger partial charge in [-0.3, -0.25) is 9.59 Å². The molecule has 2 amide bonds. The first-order chi connectivity index (χ1) is 14.4. The van der Waals surface area contributed by atoms with Crippen LogP contribution in [0.25, 0.3) is 10.6 Å². The molecule has 9 heteroatoms. The number of nitrogens with one attached hydrogen (secondary N) is 1. The van der Waals surface area contributed by atoms with Gasteiger partial charge >= 0.3 is 5.97 Å². The van der Waals surface area contributed by atoms with Crippen LogP contribution in [-0.4, -0.2) is 29.4 Å². The van der Waals surface area contributed by atoms with Crippen LogP contribution in [0.5, 0.6) is 0 Å². The van der Waals surface area contributed by atoms with Crippen LogP contribution in [-0.2, 0) is 22.4 Å². The van der Waals surface area contributed by atoms with Crippen molar-refractivity contribution in [1.82, 2.24) is 4.98 Å². The number of amides is 2. The fourth-order valence-corrected chi connectivity index (χ4v) is 5.68. The summed E-state index contributed by atoms with van der Waals surface area (Å²) in [7, 11) is 0. The third-order valence-corrected chi connectivity index (χ3v) is 7.15. The minimum Gasteiger partial charge on any atom is -0.451 e. The molecule has 0 radical (unpaired) electrons. The molecule has 30 heavy (non-hydrogen) atoms. The van der Waals surface area contributed by atoms with E-state index in [0.717, 1.165) is 35.3 Å². The number of fused-ring (bicyclic) bond motifs is 1. The number of thiophene rings is 1. The van der Waals surface area contributed by atoms with Gasteiger partial charge in [-0.15, -0.1) is 22.7 Å². The molecule has 0 saturated carbocycles. The SMILES string of the molecule is Cc1nc(-c2ccccc2)sc1C(=O)OCC(=O)Nc1sc2c(c1C(N)=O)CCC2. The molecule has 0 spiro atoms. The fourth-order valence-electron chi connectivity index (χ4n) is 3.40. The number of aryl methyl sites for hydroxylation is 2. The Hall–Kier alpha value is -3.04. The average Bonchev–Trinajstić information content (AvgIpc) is 3.41. The summed E-state index contributed by atoms with van der Waals surface area (Å²) < 4.78 is 5.18. The molecule has 3 N–H and O–H groups in total. The largest absolute Gasteiger partial charge is 0.451 e. The molecule has 0 bridgehead atoms. The first-order valence-electron chi connectivity index (χ1n) is 9.38. The average molecular weight is 442 g/mol. The number of carbonyl (C=O) groups excluding carboxylic acids is 3. The second-order valence-electron chi connectivity index (χ2n) is 6.85. The van der Waals surface area contributed by atoms with Gasteiger partial charge in [-0.2, -0.15) is 0 Å². The molecule has 7 nitrogen and oxygen atoms in total. The first-order valence-corrected chi connectivity index (χ1v) is 11.0. The van der Waals surface area contributed by atoms with Gasteiger partial charge in [0.05, 0.1) is 11.3 Å². The van der Waals surface area contributed by atoms with Crippen molar-refractivity contribution >= 4 is 45.5 Å². The van der Waals surface area contributed by atoms with E-state index in [1.54, 1.807) is 6.92 Å². The molecule has 2 heterocycles. The van der Waals surface area contributed by atoms with Gasteiger partial charge in [-0.05, 0) is 31.7 Å². The molecule has 0 saturated heterocycles. The van der Waals surface area contributed by atoms with E-state index in [-0.39, 0.29) is 0 Å². The number of hydrogen-bond donors (Lipinski definition) is 2. The molecule has 2 aromatic heterocycles. The molecular formula is C21H19N3O4S2. The van der Waals surface area contributed by atoms with Gasteiger partial charge in [0.25, 0.3) is 11.8 Å². The van der Waals surface area contributed by atoms with Crippen LogP contribution >= 0.6 is 22.7 Å². The third kappa shape index (κ3) is 3.99. The lowest BCUT2D eigenvalue weighted by molar-refractivity contribution is -0.119. The van der Waals surface area contributed by atoms with Crippen molar-refractivity contribution < 1.29 is 19.1 Å². The second-order valence-corrected chi connectivity index (χ2v) is 8.95. The summed E-state index contributed by atoms with van der Waals surface area (Å²) in [6, 6.07) is 9.53. The molecule has 1 aromatic carbocycles. The number of ether oxygens (including phenoxy) is 1. The van der Waals surface area contributed by atoms with E-state index in [4.69, 9.17) is 10.5 Å². The molecule has 4 rings (SSSR count). The van der Waals surface area contributed by atoms with Crippen molar-refractivity contribution in [2.24, 2.45) is 5.73 Å². The van der Waals surface area contributed by atoms with Gasteiger partial charge < -0.3 is 15.8 Å². The maximum absolute atomic E-state index is 12.5. The van der Waals surface area contributed by atoms with Crippen LogP contribution in [0.4, 0.5) is 5.00 Å². The Labute approximate surface area is 180 Å². The van der Waals surface area contributed by atoms with Crippen molar-refractivity contribution in [3.8, 4) is 10.6 Å². The van der Waals surface area contributed by atoms with Crippen molar-refractivity contribution in [1.29, 1.82) is 0 Å². The maximum atomic E-state index is 12.5. The predicted molar refractivity (Wildman–Crippen MR) is 116 cm³/mol. The number of thiazole rings is 1. The lowest BCUT2D eigenvalue weighted by atomic mass is 10.1. The number of esters is 1. The minimum absolute atomic E-state index is 0.356. The standard InChI is InChI=1S/C21H19N3O4S2/c1-11-17(30-19(23-11)12-6-3-2-4-7-12)21(27)28-10-15(25)24-20-16(18(22)26)13-8-5-9-14(13)29-20/h2-4,6-7H,5,8-10H2,1H3,(H2,22,26)(H,24,25). The highest BCUT2D eigenvalue weighted by Crippen LogP contribution is 2.38. The fraction of sp³-hybridized carbons (Fsp3) is 0.238. The summed E-state index contributed by atoms with van der Waals surface area (Å²) in [5.41, 5.74) is 8.26. The summed E-state index contributed by atoms with van der Waals surface area (Å²) in [5.74, 6) is -1.68. The molecule has 154 valence electrons. The highest BCUT2D eigenvalue weighted by atomic mass is 32.1. The Morgan fingerprint density at radius 3 is 2.67 bits per heavy atom. The summed E-state index contributed by atoms with van der Waals surface area (Å²) in [5, 5.41) is 3.80. The van der Waals surface area contributed by atoms with Crippen LogP contribution in [0.3, 0.4) is 0 Å².